The van der Waals surface area contributed by atoms with Crippen LogP contribution in [-0.2, 0) is 9.47 Å². The predicted octanol–water partition coefficient (Wildman–Crippen LogP) is 1.98. The van der Waals surface area contributed by atoms with Crippen LogP contribution < -0.4 is 4.84 Å². The van der Waals surface area contributed by atoms with E-state index in [2.05, 4.69) is 4.84 Å². The Balaban J connectivity index is 1.92. The van der Waals surface area contributed by atoms with Gasteiger partial charge in [0.2, 0.25) is 18.1 Å². The van der Waals surface area contributed by atoms with Crippen LogP contribution in [0.15, 0.2) is 36.4 Å². The number of benzene rings is 1. The summed E-state index contributed by atoms with van der Waals surface area (Å²) in [5, 5.41) is 18.6. The largest absolute Gasteiger partial charge is 0.537 e. The summed E-state index contributed by atoms with van der Waals surface area (Å²) in [6.07, 6.45) is -2.49. The molecule has 1 unspecified atom stereocenters. The fraction of sp³-hybridized carbons (Fsp3) is 0.200. The lowest BCUT2D eigenvalue weighted by atomic mass is 10.1. The van der Waals surface area contributed by atoms with Gasteiger partial charge in [-0.1, -0.05) is 18.2 Å². The number of esters is 1. The summed E-state index contributed by atoms with van der Waals surface area (Å²) in [5.74, 6) is -1.65. The quantitative estimate of drug-likeness (QED) is 0.655. The summed E-state index contributed by atoms with van der Waals surface area (Å²) >= 11 is 0. The Labute approximate surface area is 131 Å². The molecule has 0 spiro atoms. The highest BCUT2D eigenvalue weighted by molar-refractivity contribution is 5.91. The van der Waals surface area contributed by atoms with Gasteiger partial charge in [-0.05, 0) is 18.6 Å². The van der Waals surface area contributed by atoms with Crippen LogP contribution in [-0.4, -0.2) is 33.4 Å². The van der Waals surface area contributed by atoms with E-state index in [0.717, 1.165) is 17.7 Å². The number of hydrogen-bond acceptors (Lipinski definition) is 7. The lowest BCUT2D eigenvalue weighted by Crippen LogP contribution is -2.27. The molecular weight excluding hydrogens is 306 g/mol. The second-order valence-corrected chi connectivity index (χ2v) is 4.59. The summed E-state index contributed by atoms with van der Waals surface area (Å²) < 4.78 is 10.1. The first-order chi connectivity index (χ1) is 10.9. The van der Waals surface area contributed by atoms with Crippen LogP contribution in [0.3, 0.4) is 0 Å². The van der Waals surface area contributed by atoms with Crippen molar-refractivity contribution in [1.82, 2.24) is 4.73 Å². The topological polar surface area (TPSA) is 107 Å². The zero-order valence-electron chi connectivity index (χ0n) is 12.4. The molecule has 1 atom stereocenters. The number of carbonyl (C=O) groups excluding carboxylic acids is 2. The highest BCUT2D eigenvalue weighted by Crippen LogP contribution is 2.19. The monoisotopic (exact) mass is 321 g/mol. The number of carbonyl (C=O) groups is 2. The molecule has 1 aromatic heterocycles. The molecule has 0 aliphatic carbocycles. The Kier molecular flexibility index (Phi) is 4.75. The molecule has 1 heterocycles. The van der Waals surface area contributed by atoms with Crippen LogP contribution in [0.2, 0.25) is 0 Å². The smallest absolute Gasteiger partial charge is 0.492 e. The minimum Gasteiger partial charge on any atom is -0.492 e. The number of nitrogens with zero attached hydrogens (tertiary/aromatic N) is 1. The van der Waals surface area contributed by atoms with Crippen molar-refractivity contribution in [2.24, 2.45) is 0 Å². The Morgan fingerprint density at radius 1 is 1.04 bits per heavy atom. The minimum absolute atomic E-state index is 0.344. The summed E-state index contributed by atoms with van der Waals surface area (Å²) in [5.41, 5.74) is 1.06. The van der Waals surface area contributed by atoms with Gasteiger partial charge in [0, 0.05) is 19.1 Å². The van der Waals surface area contributed by atoms with Crippen molar-refractivity contribution in [2.75, 3.05) is 0 Å². The van der Waals surface area contributed by atoms with Crippen LogP contribution in [0, 0.1) is 6.92 Å². The third-order valence-corrected chi connectivity index (χ3v) is 2.86. The number of ether oxygens (including phenoxy) is 2. The second kappa shape index (κ2) is 6.73. The molecule has 8 heteroatoms. The van der Waals surface area contributed by atoms with Crippen molar-refractivity contribution in [3.8, 4) is 11.8 Å². The molecule has 2 N–H and O–H groups in total. The van der Waals surface area contributed by atoms with Gasteiger partial charge < -0.3 is 19.7 Å². The molecule has 2 aromatic rings. The normalized spacial score (nSPS) is 11.6. The second-order valence-electron chi connectivity index (χ2n) is 4.59. The van der Waals surface area contributed by atoms with E-state index in [4.69, 9.17) is 9.47 Å². The molecule has 2 rings (SSSR count). The van der Waals surface area contributed by atoms with Crippen LogP contribution in [0.25, 0.3) is 0 Å². The maximum atomic E-state index is 11.9. The number of rotatable bonds is 4. The third-order valence-electron chi connectivity index (χ3n) is 2.86. The van der Waals surface area contributed by atoms with Gasteiger partial charge in [0.25, 0.3) is 0 Å². The van der Waals surface area contributed by atoms with E-state index in [1.807, 2.05) is 0 Å². The lowest BCUT2D eigenvalue weighted by Gasteiger charge is -2.14. The van der Waals surface area contributed by atoms with Crippen LogP contribution in [0.5, 0.6) is 11.8 Å². The van der Waals surface area contributed by atoms with Crippen molar-refractivity contribution in [2.45, 2.75) is 20.1 Å². The van der Waals surface area contributed by atoms with Crippen molar-refractivity contribution in [1.29, 1.82) is 0 Å². The first-order valence-electron chi connectivity index (χ1n) is 6.63. The van der Waals surface area contributed by atoms with Gasteiger partial charge in [0.15, 0.2) is 0 Å². The standard InChI is InChI=1S/C15H15NO7/c1-9-5-3-4-6-11(9)14(19)21-10(2)22-15(20)23-16-12(17)7-8-13(16)18/h3-8,10,17-18H,1-2H3. The molecule has 1 aromatic carbocycles. The maximum absolute atomic E-state index is 11.9. The molecule has 8 nitrogen and oxygen atoms in total. The zero-order valence-corrected chi connectivity index (χ0v) is 12.4. The van der Waals surface area contributed by atoms with Gasteiger partial charge in [-0.2, -0.15) is 0 Å². The van der Waals surface area contributed by atoms with Gasteiger partial charge >= 0.3 is 12.1 Å². The van der Waals surface area contributed by atoms with Crippen molar-refractivity contribution in [3.05, 3.63) is 47.5 Å². The first-order valence-corrected chi connectivity index (χ1v) is 6.63. The van der Waals surface area contributed by atoms with Crippen molar-refractivity contribution < 1.29 is 34.1 Å². The Hall–Kier alpha value is -3.16. The molecule has 0 aliphatic rings. The molecular formula is C15H15NO7. The SMILES string of the molecule is Cc1ccccc1C(=O)OC(C)OC(=O)On1c(O)ccc1O. The van der Waals surface area contributed by atoms with E-state index in [0.29, 0.717) is 10.3 Å². The van der Waals surface area contributed by atoms with Crippen molar-refractivity contribution >= 4 is 12.1 Å². The van der Waals surface area contributed by atoms with Crippen LogP contribution in [0.1, 0.15) is 22.8 Å². The molecule has 122 valence electrons. The number of hydrogen-bond donors (Lipinski definition) is 2. The summed E-state index contributed by atoms with van der Waals surface area (Å²) in [7, 11) is 0. The van der Waals surface area contributed by atoms with Gasteiger partial charge in [0.05, 0.1) is 5.56 Å². The van der Waals surface area contributed by atoms with E-state index < -0.39 is 30.2 Å². The first kappa shape index (κ1) is 16.2. The van der Waals surface area contributed by atoms with Gasteiger partial charge in [-0.25, -0.2) is 9.59 Å². The highest BCUT2D eigenvalue weighted by Gasteiger charge is 2.20. The van der Waals surface area contributed by atoms with E-state index in [1.54, 1.807) is 31.2 Å². The molecule has 0 fully saturated rings. The van der Waals surface area contributed by atoms with E-state index in [-0.39, 0.29) is 0 Å². The average molecular weight is 321 g/mol. The molecule has 0 amide bonds. The maximum Gasteiger partial charge on any atom is 0.537 e. The van der Waals surface area contributed by atoms with Crippen LogP contribution >= 0.6 is 0 Å². The molecule has 0 bridgehead atoms. The molecule has 23 heavy (non-hydrogen) atoms. The average Bonchev–Trinajstić information content (AvgIpc) is 2.79. The Morgan fingerprint density at radius 2 is 1.65 bits per heavy atom. The fourth-order valence-electron chi connectivity index (χ4n) is 1.77. The lowest BCUT2D eigenvalue weighted by molar-refractivity contribution is -0.0849. The summed E-state index contributed by atoms with van der Waals surface area (Å²) in [4.78, 5) is 28.0. The molecule has 0 radical (unpaired) electrons. The van der Waals surface area contributed by atoms with E-state index in [1.165, 1.54) is 6.92 Å². The molecule has 0 saturated carbocycles. The van der Waals surface area contributed by atoms with Gasteiger partial charge in [0.1, 0.15) is 0 Å². The van der Waals surface area contributed by atoms with Gasteiger partial charge in [-0.3, -0.25) is 4.84 Å². The summed E-state index contributed by atoms with van der Waals surface area (Å²) in [6, 6.07) is 9.02. The Bertz CT molecular complexity index is 703. The van der Waals surface area contributed by atoms with Gasteiger partial charge in [-0.15, -0.1) is 4.73 Å². The number of aromatic hydroxyl groups is 2. The summed E-state index contributed by atoms with van der Waals surface area (Å²) in [6.45, 7) is 3.07. The van der Waals surface area contributed by atoms with E-state index >= 15 is 0 Å². The minimum atomic E-state index is -1.27. The van der Waals surface area contributed by atoms with Crippen LogP contribution in [0.4, 0.5) is 4.79 Å². The predicted molar refractivity (Wildman–Crippen MR) is 76.9 cm³/mol. The third kappa shape index (κ3) is 3.94. The molecule has 0 aliphatic heterocycles. The van der Waals surface area contributed by atoms with E-state index in [9.17, 15) is 19.8 Å². The fourth-order valence-corrected chi connectivity index (χ4v) is 1.77. The highest BCUT2D eigenvalue weighted by atomic mass is 16.9. The zero-order chi connectivity index (χ0) is 17.0. The Morgan fingerprint density at radius 3 is 2.26 bits per heavy atom. The number of aromatic nitrogens is 1. The molecule has 0 saturated heterocycles. The van der Waals surface area contributed by atoms with Crippen molar-refractivity contribution in [3.63, 3.8) is 0 Å². The number of aryl methyl sites for hydroxylation is 1.